The van der Waals surface area contributed by atoms with Crippen molar-refractivity contribution in [2.45, 2.75) is 57.4 Å². The number of carbonyl (C=O) groups excluding carboxylic acids is 1. The molecule has 0 aromatic heterocycles. The van der Waals surface area contributed by atoms with Crippen molar-refractivity contribution in [1.82, 2.24) is 10.2 Å². The summed E-state index contributed by atoms with van der Waals surface area (Å²) in [7, 11) is 0. The van der Waals surface area contributed by atoms with Gasteiger partial charge in [0, 0.05) is 37.6 Å². The fourth-order valence-electron chi connectivity index (χ4n) is 6.04. The van der Waals surface area contributed by atoms with Gasteiger partial charge in [-0.2, -0.15) is 0 Å². The van der Waals surface area contributed by atoms with Gasteiger partial charge in [-0.05, 0) is 43.9 Å². The first-order chi connectivity index (χ1) is 12.2. The zero-order valence-electron chi connectivity index (χ0n) is 15.5. The maximum atomic E-state index is 12.9. The van der Waals surface area contributed by atoms with Crippen LogP contribution in [-0.4, -0.2) is 56.2 Å². The van der Waals surface area contributed by atoms with Crippen LogP contribution in [0.1, 0.15) is 51.4 Å². The van der Waals surface area contributed by atoms with Crippen molar-refractivity contribution in [2.75, 3.05) is 39.4 Å². The Balaban J connectivity index is 1.36. The summed E-state index contributed by atoms with van der Waals surface area (Å²) < 4.78 is 5.50. The van der Waals surface area contributed by atoms with Gasteiger partial charge in [0.1, 0.15) is 0 Å². The average Bonchev–Trinajstić information content (AvgIpc) is 3.23. The van der Waals surface area contributed by atoms with Crippen molar-refractivity contribution in [1.29, 1.82) is 0 Å². The van der Waals surface area contributed by atoms with Crippen LogP contribution in [-0.2, 0) is 9.53 Å². The molecule has 0 aromatic carbocycles. The first kappa shape index (κ1) is 17.7. The van der Waals surface area contributed by atoms with E-state index < -0.39 is 0 Å². The summed E-state index contributed by atoms with van der Waals surface area (Å²) in [5.41, 5.74) is 6.63. The molecule has 0 spiro atoms. The lowest BCUT2D eigenvalue weighted by molar-refractivity contribution is -0.127. The van der Waals surface area contributed by atoms with Crippen LogP contribution in [0, 0.1) is 23.2 Å². The molecule has 3 N–H and O–H groups in total. The van der Waals surface area contributed by atoms with E-state index in [0.29, 0.717) is 11.8 Å². The molecule has 0 radical (unpaired) electrons. The van der Waals surface area contributed by atoms with Crippen LogP contribution in [0.5, 0.6) is 0 Å². The second-order valence-corrected chi connectivity index (χ2v) is 9.10. The highest BCUT2D eigenvalue weighted by atomic mass is 16.5. The van der Waals surface area contributed by atoms with Gasteiger partial charge in [0.25, 0.3) is 0 Å². The summed E-state index contributed by atoms with van der Waals surface area (Å²) in [5, 5.41) is 3.36. The Morgan fingerprint density at radius 3 is 2.52 bits per heavy atom. The van der Waals surface area contributed by atoms with Crippen molar-refractivity contribution in [3.8, 4) is 0 Å². The van der Waals surface area contributed by atoms with Gasteiger partial charge in [0.2, 0.25) is 5.91 Å². The summed E-state index contributed by atoms with van der Waals surface area (Å²) in [4.78, 5) is 15.4. The van der Waals surface area contributed by atoms with Gasteiger partial charge >= 0.3 is 0 Å². The van der Waals surface area contributed by atoms with Gasteiger partial charge in [-0.3, -0.25) is 9.69 Å². The van der Waals surface area contributed by atoms with Gasteiger partial charge in [-0.15, -0.1) is 0 Å². The predicted molar refractivity (Wildman–Crippen MR) is 98.1 cm³/mol. The lowest BCUT2D eigenvalue weighted by Gasteiger charge is -2.42. The molecule has 5 heteroatoms. The van der Waals surface area contributed by atoms with E-state index in [1.54, 1.807) is 0 Å². The van der Waals surface area contributed by atoms with Crippen LogP contribution in [0.15, 0.2) is 0 Å². The minimum Gasteiger partial charge on any atom is -0.379 e. The van der Waals surface area contributed by atoms with Crippen molar-refractivity contribution >= 4 is 5.91 Å². The lowest BCUT2D eigenvalue weighted by Crippen LogP contribution is -2.52. The van der Waals surface area contributed by atoms with Crippen LogP contribution >= 0.6 is 0 Å². The van der Waals surface area contributed by atoms with Crippen LogP contribution in [0.3, 0.4) is 0 Å². The number of ether oxygens (including phenoxy) is 1. The van der Waals surface area contributed by atoms with Crippen LogP contribution < -0.4 is 11.1 Å². The third kappa shape index (κ3) is 3.74. The second-order valence-electron chi connectivity index (χ2n) is 9.10. The Bertz CT molecular complexity index is 470. The molecular formula is C20H35N3O2. The van der Waals surface area contributed by atoms with Crippen molar-refractivity contribution in [3.63, 3.8) is 0 Å². The molecule has 5 nitrogen and oxygen atoms in total. The largest absolute Gasteiger partial charge is 0.379 e. The first-order valence-corrected chi connectivity index (χ1v) is 10.5. The van der Waals surface area contributed by atoms with E-state index in [4.69, 9.17) is 10.5 Å². The molecule has 25 heavy (non-hydrogen) atoms. The minimum absolute atomic E-state index is 0.0720. The van der Waals surface area contributed by atoms with Crippen molar-refractivity contribution in [2.24, 2.45) is 28.9 Å². The van der Waals surface area contributed by atoms with Crippen LogP contribution in [0.4, 0.5) is 0 Å². The maximum Gasteiger partial charge on any atom is 0.224 e. The van der Waals surface area contributed by atoms with E-state index >= 15 is 0 Å². The Kier molecular flexibility index (Phi) is 5.35. The zero-order chi connectivity index (χ0) is 17.3. The van der Waals surface area contributed by atoms with Gasteiger partial charge in [-0.1, -0.05) is 19.3 Å². The highest BCUT2D eigenvalue weighted by Crippen LogP contribution is 2.47. The van der Waals surface area contributed by atoms with E-state index in [0.717, 1.165) is 39.4 Å². The van der Waals surface area contributed by atoms with Crippen LogP contribution in [0.2, 0.25) is 0 Å². The Morgan fingerprint density at radius 1 is 1.12 bits per heavy atom. The first-order valence-electron chi connectivity index (χ1n) is 10.5. The fraction of sp³-hybridized carbons (Fsp3) is 0.950. The lowest BCUT2D eigenvalue weighted by atomic mass is 9.73. The summed E-state index contributed by atoms with van der Waals surface area (Å²) in [6, 6.07) is 0.0975. The maximum absolute atomic E-state index is 12.9. The van der Waals surface area contributed by atoms with Gasteiger partial charge in [0.05, 0.1) is 19.1 Å². The molecule has 4 atom stereocenters. The number of nitrogens with one attached hydrogen (secondary N) is 1. The van der Waals surface area contributed by atoms with E-state index in [1.807, 2.05) is 0 Å². The third-order valence-corrected chi connectivity index (χ3v) is 7.50. The molecule has 3 saturated carbocycles. The third-order valence-electron chi connectivity index (χ3n) is 7.50. The van der Waals surface area contributed by atoms with Crippen LogP contribution in [0.25, 0.3) is 0 Å². The van der Waals surface area contributed by atoms with Gasteiger partial charge in [0.15, 0.2) is 0 Å². The Morgan fingerprint density at radius 2 is 1.84 bits per heavy atom. The smallest absolute Gasteiger partial charge is 0.224 e. The number of rotatable bonds is 5. The molecule has 4 fully saturated rings. The number of nitrogens with zero attached hydrogens (tertiary/aromatic N) is 1. The molecule has 1 amide bonds. The molecule has 4 aliphatic rings. The van der Waals surface area contributed by atoms with E-state index in [1.165, 1.54) is 51.4 Å². The standard InChI is InChI=1S/C20H35N3O2/c21-18-16-5-4-15(12-16)17(18)19(24)22-13-20(6-2-1-3-7-20)14-23-8-10-25-11-9-23/h15-18H,1-14,21H2,(H,22,24). The van der Waals surface area contributed by atoms with Crippen molar-refractivity contribution < 1.29 is 9.53 Å². The van der Waals surface area contributed by atoms with E-state index in [2.05, 4.69) is 10.2 Å². The molecule has 4 rings (SSSR count). The summed E-state index contributed by atoms with van der Waals surface area (Å²) in [5.74, 6) is 1.45. The number of morpholine rings is 1. The normalized spacial score (nSPS) is 38.0. The quantitative estimate of drug-likeness (QED) is 0.794. The molecule has 1 aliphatic heterocycles. The second kappa shape index (κ2) is 7.53. The summed E-state index contributed by atoms with van der Waals surface area (Å²) in [6.07, 6.45) is 10.0. The molecule has 1 heterocycles. The Labute approximate surface area is 152 Å². The topological polar surface area (TPSA) is 67.6 Å². The molecule has 3 aliphatic carbocycles. The number of amides is 1. The van der Waals surface area contributed by atoms with Crippen molar-refractivity contribution in [3.05, 3.63) is 0 Å². The number of hydrogen-bond donors (Lipinski definition) is 2. The van der Waals surface area contributed by atoms with Gasteiger partial charge in [-0.25, -0.2) is 0 Å². The molecule has 0 aromatic rings. The predicted octanol–water partition coefficient (Wildman–Crippen LogP) is 1.76. The van der Waals surface area contributed by atoms with Gasteiger partial charge < -0.3 is 15.8 Å². The average molecular weight is 350 g/mol. The highest BCUT2D eigenvalue weighted by molar-refractivity contribution is 5.80. The SMILES string of the molecule is NC1C2CCC(C2)C1C(=O)NCC1(CN2CCOCC2)CCCCC1. The fourth-order valence-corrected chi connectivity index (χ4v) is 6.04. The van der Waals surface area contributed by atoms with E-state index in [-0.39, 0.29) is 23.3 Å². The zero-order valence-corrected chi connectivity index (χ0v) is 15.5. The minimum atomic E-state index is 0.0720. The number of hydrogen-bond acceptors (Lipinski definition) is 4. The number of nitrogens with two attached hydrogens (primary N) is 1. The molecule has 4 unspecified atom stereocenters. The molecular weight excluding hydrogens is 314 g/mol. The monoisotopic (exact) mass is 349 g/mol. The number of carbonyl (C=O) groups is 1. The Hall–Kier alpha value is -0.650. The van der Waals surface area contributed by atoms with E-state index in [9.17, 15) is 4.79 Å². The molecule has 142 valence electrons. The number of fused-ring (bicyclic) bond motifs is 2. The molecule has 2 bridgehead atoms. The summed E-state index contributed by atoms with van der Waals surface area (Å²) >= 11 is 0. The molecule has 1 saturated heterocycles. The highest BCUT2D eigenvalue weighted by Gasteiger charge is 2.49. The summed E-state index contributed by atoms with van der Waals surface area (Å²) in [6.45, 7) is 5.72.